The zero-order chi connectivity index (χ0) is 12.3. The first-order valence-corrected chi connectivity index (χ1v) is 5.92. The molecular weight excluding hydrogens is 262 g/mol. The number of hydrogen-bond acceptors (Lipinski definition) is 5. The molecule has 0 spiro atoms. The standard InChI is InChI=1S/C11H8ClNO3S/c1-15-11(14)10-7(5-6-17-10)16-9-4-2-3-8(12)13-9/h2-6H,1H3. The molecule has 0 aliphatic carbocycles. The summed E-state index contributed by atoms with van der Waals surface area (Å²) in [5, 5.41) is 2.07. The van der Waals surface area contributed by atoms with Crippen LogP contribution < -0.4 is 4.74 Å². The predicted octanol–water partition coefficient (Wildman–Crippen LogP) is 3.38. The van der Waals surface area contributed by atoms with Crippen LogP contribution >= 0.6 is 22.9 Å². The van der Waals surface area contributed by atoms with E-state index in [9.17, 15) is 4.79 Å². The number of rotatable bonds is 3. The SMILES string of the molecule is COC(=O)c1sccc1Oc1cccc(Cl)n1. The van der Waals surface area contributed by atoms with Crippen LogP contribution in [0.25, 0.3) is 0 Å². The maximum atomic E-state index is 11.4. The van der Waals surface area contributed by atoms with Crippen LogP contribution in [0.1, 0.15) is 9.67 Å². The third kappa shape index (κ3) is 2.75. The van der Waals surface area contributed by atoms with E-state index in [0.29, 0.717) is 21.7 Å². The summed E-state index contributed by atoms with van der Waals surface area (Å²) in [6, 6.07) is 6.70. The Morgan fingerprint density at radius 3 is 2.94 bits per heavy atom. The van der Waals surface area contributed by atoms with Crippen molar-refractivity contribution >= 4 is 28.9 Å². The van der Waals surface area contributed by atoms with E-state index >= 15 is 0 Å². The summed E-state index contributed by atoms with van der Waals surface area (Å²) in [6.45, 7) is 0. The van der Waals surface area contributed by atoms with Gasteiger partial charge in [0.15, 0.2) is 10.6 Å². The first kappa shape index (κ1) is 11.9. The molecule has 2 aromatic rings. The molecule has 2 heterocycles. The summed E-state index contributed by atoms with van der Waals surface area (Å²) in [5.41, 5.74) is 0. The van der Waals surface area contributed by atoms with Gasteiger partial charge in [0.25, 0.3) is 0 Å². The molecule has 0 radical (unpaired) electrons. The third-order valence-electron chi connectivity index (χ3n) is 1.90. The quantitative estimate of drug-likeness (QED) is 0.633. The van der Waals surface area contributed by atoms with Gasteiger partial charge in [0.05, 0.1) is 7.11 Å². The minimum absolute atomic E-state index is 0.331. The van der Waals surface area contributed by atoms with Crippen LogP contribution in [0.3, 0.4) is 0 Å². The second-order valence-corrected chi connectivity index (χ2v) is 4.31. The van der Waals surface area contributed by atoms with E-state index in [2.05, 4.69) is 9.72 Å². The Morgan fingerprint density at radius 2 is 2.24 bits per heavy atom. The van der Waals surface area contributed by atoms with E-state index < -0.39 is 5.97 Å². The molecule has 88 valence electrons. The lowest BCUT2D eigenvalue weighted by atomic mass is 10.4. The number of carbonyl (C=O) groups excluding carboxylic acids is 1. The maximum Gasteiger partial charge on any atom is 0.351 e. The van der Waals surface area contributed by atoms with E-state index in [4.69, 9.17) is 16.3 Å². The van der Waals surface area contributed by atoms with Gasteiger partial charge in [-0.15, -0.1) is 11.3 Å². The molecule has 0 fully saturated rings. The molecule has 0 aliphatic rings. The Kier molecular flexibility index (Phi) is 3.61. The van der Waals surface area contributed by atoms with Crippen molar-refractivity contribution in [3.63, 3.8) is 0 Å². The van der Waals surface area contributed by atoms with E-state index in [1.807, 2.05) is 0 Å². The summed E-state index contributed by atoms with van der Waals surface area (Å²) >= 11 is 6.98. The Balaban J connectivity index is 2.25. The first-order chi connectivity index (χ1) is 8.20. The van der Waals surface area contributed by atoms with E-state index in [1.54, 1.807) is 29.6 Å². The molecule has 0 aromatic carbocycles. The molecular formula is C11H8ClNO3S. The summed E-state index contributed by atoms with van der Waals surface area (Å²) in [7, 11) is 1.32. The molecule has 4 nitrogen and oxygen atoms in total. The minimum Gasteiger partial charge on any atom is -0.465 e. The van der Waals surface area contributed by atoms with Crippen molar-refractivity contribution in [1.82, 2.24) is 4.98 Å². The van der Waals surface area contributed by atoms with Gasteiger partial charge in [-0.3, -0.25) is 0 Å². The molecule has 0 atom stereocenters. The average Bonchev–Trinajstić information content (AvgIpc) is 2.76. The second kappa shape index (κ2) is 5.16. The number of methoxy groups -OCH3 is 1. The molecule has 2 rings (SSSR count). The maximum absolute atomic E-state index is 11.4. The van der Waals surface area contributed by atoms with Crippen molar-refractivity contribution in [2.75, 3.05) is 7.11 Å². The van der Waals surface area contributed by atoms with Crippen molar-refractivity contribution in [1.29, 1.82) is 0 Å². The van der Waals surface area contributed by atoms with Gasteiger partial charge in [-0.1, -0.05) is 17.7 Å². The van der Waals surface area contributed by atoms with Gasteiger partial charge >= 0.3 is 5.97 Å². The van der Waals surface area contributed by atoms with Crippen LogP contribution in [0, 0.1) is 0 Å². The third-order valence-corrected chi connectivity index (χ3v) is 2.99. The number of nitrogens with zero attached hydrogens (tertiary/aromatic N) is 1. The van der Waals surface area contributed by atoms with Gasteiger partial charge in [0, 0.05) is 6.07 Å². The van der Waals surface area contributed by atoms with Crippen LogP contribution in [0.4, 0.5) is 0 Å². The molecule has 0 aliphatic heterocycles. The number of carbonyl (C=O) groups is 1. The lowest BCUT2D eigenvalue weighted by molar-refractivity contribution is 0.0603. The van der Waals surface area contributed by atoms with Crippen molar-refractivity contribution in [3.8, 4) is 11.6 Å². The van der Waals surface area contributed by atoms with Crippen LogP contribution in [0.2, 0.25) is 5.15 Å². The highest BCUT2D eigenvalue weighted by Crippen LogP contribution is 2.29. The van der Waals surface area contributed by atoms with E-state index in [-0.39, 0.29) is 0 Å². The Morgan fingerprint density at radius 1 is 1.41 bits per heavy atom. The smallest absolute Gasteiger partial charge is 0.351 e. The highest BCUT2D eigenvalue weighted by Gasteiger charge is 2.15. The molecule has 0 saturated heterocycles. The largest absolute Gasteiger partial charge is 0.465 e. The fourth-order valence-electron chi connectivity index (χ4n) is 1.18. The van der Waals surface area contributed by atoms with E-state index in [1.165, 1.54) is 18.4 Å². The highest BCUT2D eigenvalue weighted by atomic mass is 35.5. The summed E-state index contributed by atoms with van der Waals surface area (Å²) in [6.07, 6.45) is 0. The second-order valence-electron chi connectivity index (χ2n) is 3.01. The Bertz CT molecular complexity index is 541. The Labute approximate surface area is 107 Å². The fourth-order valence-corrected chi connectivity index (χ4v) is 2.07. The minimum atomic E-state index is -0.433. The molecule has 0 saturated carbocycles. The zero-order valence-electron chi connectivity index (χ0n) is 8.84. The first-order valence-electron chi connectivity index (χ1n) is 4.67. The topological polar surface area (TPSA) is 48.4 Å². The van der Waals surface area contributed by atoms with Crippen molar-refractivity contribution < 1.29 is 14.3 Å². The predicted molar refractivity (Wildman–Crippen MR) is 65.0 cm³/mol. The van der Waals surface area contributed by atoms with Gasteiger partial charge in [-0.05, 0) is 17.5 Å². The van der Waals surface area contributed by atoms with Crippen molar-refractivity contribution in [2.45, 2.75) is 0 Å². The molecule has 0 N–H and O–H groups in total. The molecule has 0 bridgehead atoms. The Hall–Kier alpha value is -1.59. The number of aromatic nitrogens is 1. The monoisotopic (exact) mass is 269 g/mol. The van der Waals surface area contributed by atoms with Crippen molar-refractivity contribution in [3.05, 3.63) is 39.7 Å². The molecule has 0 amide bonds. The summed E-state index contributed by atoms with van der Waals surface area (Å²) in [5.74, 6) is 0.315. The number of thiophene rings is 1. The highest BCUT2D eigenvalue weighted by molar-refractivity contribution is 7.12. The van der Waals surface area contributed by atoms with Gasteiger partial charge < -0.3 is 9.47 Å². The van der Waals surface area contributed by atoms with Crippen LogP contribution in [0.15, 0.2) is 29.6 Å². The average molecular weight is 270 g/mol. The normalized spacial score (nSPS) is 10.0. The van der Waals surface area contributed by atoms with Crippen LogP contribution in [-0.2, 0) is 4.74 Å². The molecule has 2 aromatic heterocycles. The zero-order valence-corrected chi connectivity index (χ0v) is 10.4. The van der Waals surface area contributed by atoms with Gasteiger partial charge in [0.1, 0.15) is 5.15 Å². The van der Waals surface area contributed by atoms with Crippen LogP contribution in [0.5, 0.6) is 11.6 Å². The van der Waals surface area contributed by atoms with Crippen LogP contribution in [-0.4, -0.2) is 18.1 Å². The summed E-state index contributed by atoms with van der Waals surface area (Å²) in [4.78, 5) is 15.8. The molecule has 0 unspecified atom stereocenters. The molecule has 17 heavy (non-hydrogen) atoms. The lowest BCUT2D eigenvalue weighted by Crippen LogP contribution is -2.00. The number of ether oxygens (including phenoxy) is 2. The van der Waals surface area contributed by atoms with Gasteiger partial charge in [-0.25, -0.2) is 9.78 Å². The number of pyridine rings is 1. The van der Waals surface area contributed by atoms with E-state index in [0.717, 1.165) is 0 Å². The van der Waals surface area contributed by atoms with Gasteiger partial charge in [0.2, 0.25) is 5.88 Å². The fraction of sp³-hybridized carbons (Fsp3) is 0.0909. The van der Waals surface area contributed by atoms with Crippen molar-refractivity contribution in [2.24, 2.45) is 0 Å². The number of halogens is 1. The lowest BCUT2D eigenvalue weighted by Gasteiger charge is -2.04. The molecule has 6 heteroatoms. The summed E-state index contributed by atoms with van der Waals surface area (Å²) < 4.78 is 10.1. The number of esters is 1. The number of hydrogen-bond donors (Lipinski definition) is 0. The van der Waals surface area contributed by atoms with Gasteiger partial charge in [-0.2, -0.15) is 0 Å².